The second-order valence-corrected chi connectivity index (χ2v) is 8.22. The van der Waals surface area contributed by atoms with Crippen LogP contribution in [0, 0.1) is 0 Å². The Kier molecular flexibility index (Phi) is 5.48. The highest BCUT2D eigenvalue weighted by Crippen LogP contribution is 2.40. The van der Waals surface area contributed by atoms with Gasteiger partial charge in [0.2, 0.25) is 0 Å². The van der Waals surface area contributed by atoms with E-state index in [9.17, 15) is 9.90 Å². The van der Waals surface area contributed by atoms with Gasteiger partial charge in [-0.3, -0.25) is 4.84 Å². The maximum absolute atomic E-state index is 11.8. The van der Waals surface area contributed by atoms with E-state index < -0.39 is 5.60 Å². The number of hydrogen-bond donors (Lipinski definition) is 1. The van der Waals surface area contributed by atoms with Gasteiger partial charge in [0.05, 0.1) is 12.2 Å². The summed E-state index contributed by atoms with van der Waals surface area (Å²) in [5, 5.41) is 11.8. The van der Waals surface area contributed by atoms with Crippen LogP contribution in [0.15, 0.2) is 12.2 Å². The first-order chi connectivity index (χ1) is 9.74. The zero-order valence-corrected chi connectivity index (χ0v) is 15.0. The number of piperidine rings is 1. The van der Waals surface area contributed by atoms with E-state index in [0.717, 1.165) is 0 Å². The van der Waals surface area contributed by atoms with E-state index in [1.807, 2.05) is 5.06 Å². The minimum absolute atomic E-state index is 0.170. The second-order valence-electron chi connectivity index (χ2n) is 8.22. The van der Waals surface area contributed by atoms with Crippen molar-refractivity contribution in [2.75, 3.05) is 6.61 Å². The standard InChI is InChI=1S/C17H31NO4/c1-12(2)14(19)22-13-9-15(3,4)18(16(5,6)10-13)21-11-17(7,8)20/h13,20H,1,9-11H2,2-8H3. The number of nitrogens with zero attached hydrogens (tertiary/aromatic N) is 1. The van der Waals surface area contributed by atoms with Crippen LogP contribution in [0.2, 0.25) is 0 Å². The van der Waals surface area contributed by atoms with Crippen molar-refractivity contribution in [3.05, 3.63) is 12.2 Å². The van der Waals surface area contributed by atoms with E-state index in [1.165, 1.54) is 0 Å². The van der Waals surface area contributed by atoms with Crippen molar-refractivity contribution in [2.45, 2.75) is 84.1 Å². The zero-order valence-electron chi connectivity index (χ0n) is 15.0. The summed E-state index contributed by atoms with van der Waals surface area (Å²) < 4.78 is 5.55. The van der Waals surface area contributed by atoms with E-state index in [4.69, 9.17) is 9.57 Å². The number of aliphatic hydroxyl groups is 1. The maximum Gasteiger partial charge on any atom is 0.333 e. The molecule has 0 amide bonds. The molecule has 1 N–H and O–H groups in total. The minimum atomic E-state index is -0.893. The lowest BCUT2D eigenvalue weighted by Crippen LogP contribution is -2.62. The normalized spacial score (nSPS) is 22.4. The van der Waals surface area contributed by atoms with Gasteiger partial charge >= 0.3 is 5.97 Å². The Morgan fingerprint density at radius 2 is 1.73 bits per heavy atom. The summed E-state index contributed by atoms with van der Waals surface area (Å²) in [5.41, 5.74) is -1.11. The molecule has 5 nitrogen and oxygen atoms in total. The third-order valence-electron chi connectivity index (χ3n) is 3.72. The van der Waals surface area contributed by atoms with E-state index >= 15 is 0 Å². The predicted molar refractivity (Wildman–Crippen MR) is 86.2 cm³/mol. The third kappa shape index (κ3) is 5.07. The smallest absolute Gasteiger partial charge is 0.333 e. The Labute approximate surface area is 134 Å². The van der Waals surface area contributed by atoms with Crippen LogP contribution in [0.4, 0.5) is 0 Å². The molecule has 1 aliphatic heterocycles. The first-order valence-corrected chi connectivity index (χ1v) is 7.77. The lowest BCUT2D eigenvalue weighted by Gasteiger charge is -2.53. The SMILES string of the molecule is C=C(C)C(=O)OC1CC(C)(C)N(OCC(C)(C)O)C(C)(C)C1. The largest absolute Gasteiger partial charge is 0.459 e. The van der Waals surface area contributed by atoms with Gasteiger partial charge < -0.3 is 9.84 Å². The lowest BCUT2D eigenvalue weighted by atomic mass is 9.80. The topological polar surface area (TPSA) is 59.0 Å². The van der Waals surface area contributed by atoms with Gasteiger partial charge in [0, 0.05) is 29.5 Å². The number of hydrogen-bond acceptors (Lipinski definition) is 5. The summed E-state index contributed by atoms with van der Waals surface area (Å²) in [6.45, 7) is 17.2. The van der Waals surface area contributed by atoms with Crippen molar-refractivity contribution in [3.63, 3.8) is 0 Å². The minimum Gasteiger partial charge on any atom is -0.459 e. The first-order valence-electron chi connectivity index (χ1n) is 7.77. The predicted octanol–water partition coefficient (Wildman–Crippen LogP) is 2.83. The summed E-state index contributed by atoms with van der Waals surface area (Å²) in [5.74, 6) is -0.345. The molecule has 1 heterocycles. The van der Waals surface area contributed by atoms with Crippen LogP contribution in [0.1, 0.15) is 61.3 Å². The van der Waals surface area contributed by atoms with Crippen LogP contribution >= 0.6 is 0 Å². The quantitative estimate of drug-likeness (QED) is 0.625. The molecule has 22 heavy (non-hydrogen) atoms. The van der Waals surface area contributed by atoms with Crippen LogP contribution in [0.25, 0.3) is 0 Å². The fourth-order valence-corrected chi connectivity index (χ4v) is 3.08. The maximum atomic E-state index is 11.8. The fraction of sp³-hybridized carbons (Fsp3) is 0.824. The van der Waals surface area contributed by atoms with Crippen molar-refractivity contribution in [2.24, 2.45) is 0 Å². The molecule has 0 aromatic carbocycles. The monoisotopic (exact) mass is 313 g/mol. The van der Waals surface area contributed by atoms with Gasteiger partial charge in [0.25, 0.3) is 0 Å². The van der Waals surface area contributed by atoms with E-state index in [1.54, 1.807) is 20.8 Å². The number of ether oxygens (including phenoxy) is 1. The van der Waals surface area contributed by atoms with E-state index in [-0.39, 0.29) is 29.8 Å². The number of rotatable bonds is 5. The van der Waals surface area contributed by atoms with Crippen molar-refractivity contribution in [1.82, 2.24) is 5.06 Å². The summed E-state index contributed by atoms with van der Waals surface area (Å²) in [6.07, 6.45) is 1.17. The van der Waals surface area contributed by atoms with Gasteiger partial charge in [-0.05, 0) is 48.5 Å². The highest BCUT2D eigenvalue weighted by molar-refractivity contribution is 5.87. The molecule has 0 radical (unpaired) electrons. The molecule has 128 valence electrons. The number of carbonyl (C=O) groups is 1. The summed E-state index contributed by atoms with van der Waals surface area (Å²) in [6, 6.07) is 0. The van der Waals surface area contributed by atoms with Crippen LogP contribution in [0.3, 0.4) is 0 Å². The van der Waals surface area contributed by atoms with Crippen molar-refractivity contribution < 1.29 is 19.5 Å². The van der Waals surface area contributed by atoms with E-state index in [2.05, 4.69) is 34.3 Å². The van der Waals surface area contributed by atoms with Gasteiger partial charge in [-0.25, -0.2) is 4.79 Å². The highest BCUT2D eigenvalue weighted by atomic mass is 16.7. The molecule has 1 aliphatic rings. The van der Waals surface area contributed by atoms with Gasteiger partial charge in [0.1, 0.15) is 6.10 Å². The molecule has 0 aromatic heterocycles. The highest BCUT2D eigenvalue weighted by Gasteiger charge is 2.48. The van der Waals surface area contributed by atoms with Crippen LogP contribution < -0.4 is 0 Å². The van der Waals surface area contributed by atoms with Crippen LogP contribution in [-0.2, 0) is 14.4 Å². The lowest BCUT2D eigenvalue weighted by molar-refractivity contribution is -0.306. The average Bonchev–Trinajstić information content (AvgIpc) is 2.23. The molecular formula is C17H31NO4. The van der Waals surface area contributed by atoms with E-state index in [0.29, 0.717) is 18.4 Å². The summed E-state index contributed by atoms with van der Waals surface area (Å²) >= 11 is 0. The molecule has 0 atom stereocenters. The average molecular weight is 313 g/mol. The molecule has 0 saturated carbocycles. The number of carbonyl (C=O) groups excluding carboxylic acids is 1. The summed E-state index contributed by atoms with van der Waals surface area (Å²) in [7, 11) is 0. The Hall–Kier alpha value is -0.910. The second kappa shape index (κ2) is 6.30. The Bertz CT molecular complexity index is 416. The molecular weight excluding hydrogens is 282 g/mol. The molecule has 0 bridgehead atoms. The number of esters is 1. The van der Waals surface area contributed by atoms with Crippen molar-refractivity contribution >= 4 is 5.97 Å². The van der Waals surface area contributed by atoms with Gasteiger partial charge in [-0.15, -0.1) is 0 Å². The Morgan fingerprint density at radius 3 is 2.09 bits per heavy atom. The Morgan fingerprint density at radius 1 is 1.27 bits per heavy atom. The molecule has 0 spiro atoms. The molecule has 0 aliphatic carbocycles. The fourth-order valence-electron chi connectivity index (χ4n) is 3.08. The molecule has 5 heteroatoms. The first kappa shape index (κ1) is 19.1. The molecule has 1 saturated heterocycles. The van der Waals surface area contributed by atoms with Crippen LogP contribution in [-0.4, -0.2) is 45.5 Å². The van der Waals surface area contributed by atoms with Crippen molar-refractivity contribution in [3.8, 4) is 0 Å². The molecule has 1 fully saturated rings. The van der Waals surface area contributed by atoms with Gasteiger partial charge in [0.15, 0.2) is 0 Å². The summed E-state index contributed by atoms with van der Waals surface area (Å²) in [4.78, 5) is 17.7. The number of hydroxylamine groups is 2. The molecule has 1 rings (SSSR count). The third-order valence-corrected chi connectivity index (χ3v) is 3.72. The van der Waals surface area contributed by atoms with Gasteiger partial charge in [-0.1, -0.05) is 6.58 Å². The molecule has 0 unspecified atom stereocenters. The van der Waals surface area contributed by atoms with Crippen LogP contribution in [0.5, 0.6) is 0 Å². The molecule has 0 aromatic rings. The Balaban J connectivity index is 2.84. The van der Waals surface area contributed by atoms with Crippen molar-refractivity contribution in [1.29, 1.82) is 0 Å². The van der Waals surface area contributed by atoms with Gasteiger partial charge in [-0.2, -0.15) is 5.06 Å². The zero-order chi connectivity index (χ0) is 17.3.